The number of para-hydroxylation sites is 1. The van der Waals surface area contributed by atoms with Crippen LogP contribution in [0.2, 0.25) is 0 Å². The van der Waals surface area contributed by atoms with Gasteiger partial charge in [0.15, 0.2) is 10.0 Å². The Balaban J connectivity index is 1.43. The van der Waals surface area contributed by atoms with Crippen molar-refractivity contribution in [3.05, 3.63) is 98.5 Å². The van der Waals surface area contributed by atoms with Gasteiger partial charge in [-0.1, -0.05) is 36.0 Å². The molecular weight excluding hydrogens is 522 g/mol. The molecule has 0 spiro atoms. The first-order valence-corrected chi connectivity index (χ1v) is 13.4. The standard InChI is InChI=1S/C27H23N5O4S2/c1-4-36-20-11-12-21-24(15-20)38-27(29-21)37-23-13-10-18(14-22(23)32(34)35)16-28-25-17(2)30(3)31(26(25)33)19-8-6-5-7-9-19/h5-16H,4H2,1-3H3. The smallest absolute Gasteiger partial charge is 0.297 e. The van der Waals surface area contributed by atoms with E-state index in [1.54, 1.807) is 28.5 Å². The highest BCUT2D eigenvalue weighted by Crippen LogP contribution is 2.39. The first-order chi connectivity index (χ1) is 18.4. The monoisotopic (exact) mass is 545 g/mol. The molecule has 0 atom stereocenters. The molecule has 0 aliphatic carbocycles. The van der Waals surface area contributed by atoms with Gasteiger partial charge >= 0.3 is 0 Å². The Morgan fingerprint density at radius 3 is 2.68 bits per heavy atom. The minimum atomic E-state index is -0.420. The van der Waals surface area contributed by atoms with Crippen molar-refractivity contribution in [1.29, 1.82) is 0 Å². The Hall–Kier alpha value is -4.22. The summed E-state index contributed by atoms with van der Waals surface area (Å²) in [6.07, 6.45) is 1.48. The van der Waals surface area contributed by atoms with Gasteiger partial charge in [0.2, 0.25) is 0 Å². The number of aliphatic imine (C=N–C) groups is 1. The van der Waals surface area contributed by atoms with Gasteiger partial charge in [0.05, 0.1) is 38.0 Å². The zero-order valence-corrected chi connectivity index (χ0v) is 22.5. The van der Waals surface area contributed by atoms with E-state index in [2.05, 4.69) is 9.98 Å². The number of nitrogens with zero attached hydrogens (tertiary/aromatic N) is 5. The second kappa shape index (κ2) is 10.6. The van der Waals surface area contributed by atoms with E-state index in [9.17, 15) is 14.9 Å². The van der Waals surface area contributed by atoms with E-state index in [0.717, 1.165) is 21.7 Å². The highest BCUT2D eigenvalue weighted by Gasteiger charge is 2.19. The molecule has 0 saturated heterocycles. The first-order valence-electron chi connectivity index (χ1n) is 11.7. The third-order valence-corrected chi connectivity index (χ3v) is 8.04. The average Bonchev–Trinajstić information content (AvgIpc) is 3.40. The SMILES string of the molecule is CCOc1ccc2nc(Sc3ccc(C=Nc4c(C)n(C)n(-c5ccccc5)c4=O)cc3[N+](=O)[O-])sc2c1. The van der Waals surface area contributed by atoms with Crippen LogP contribution in [0.25, 0.3) is 15.9 Å². The molecule has 11 heteroatoms. The van der Waals surface area contributed by atoms with Crippen LogP contribution in [0.1, 0.15) is 18.2 Å². The Kier molecular flexibility index (Phi) is 7.12. The lowest BCUT2D eigenvalue weighted by Crippen LogP contribution is -2.19. The van der Waals surface area contributed by atoms with Crippen LogP contribution in [0.5, 0.6) is 5.75 Å². The Morgan fingerprint density at radius 1 is 1.16 bits per heavy atom. The van der Waals surface area contributed by atoms with Crippen molar-refractivity contribution in [2.45, 2.75) is 23.1 Å². The summed E-state index contributed by atoms with van der Waals surface area (Å²) >= 11 is 2.70. The minimum Gasteiger partial charge on any atom is -0.494 e. The lowest BCUT2D eigenvalue weighted by molar-refractivity contribution is -0.387. The van der Waals surface area contributed by atoms with E-state index >= 15 is 0 Å². The summed E-state index contributed by atoms with van der Waals surface area (Å²) in [5.74, 6) is 0.763. The summed E-state index contributed by atoms with van der Waals surface area (Å²) in [7, 11) is 1.79. The fourth-order valence-electron chi connectivity index (χ4n) is 3.96. The van der Waals surface area contributed by atoms with Crippen LogP contribution in [-0.2, 0) is 7.05 Å². The maximum Gasteiger partial charge on any atom is 0.297 e. The molecule has 38 heavy (non-hydrogen) atoms. The van der Waals surface area contributed by atoms with Crippen LogP contribution >= 0.6 is 23.1 Å². The minimum absolute atomic E-state index is 0.0558. The van der Waals surface area contributed by atoms with Crippen LogP contribution in [-0.4, -0.2) is 32.1 Å². The van der Waals surface area contributed by atoms with E-state index in [1.807, 2.05) is 62.4 Å². The Bertz CT molecular complexity index is 1740. The maximum atomic E-state index is 13.1. The molecule has 0 aliphatic rings. The lowest BCUT2D eigenvalue weighted by Gasteiger charge is -2.07. The number of benzene rings is 3. The number of aromatic nitrogens is 3. The topological polar surface area (TPSA) is 105 Å². The molecule has 0 unspecified atom stereocenters. The molecule has 0 N–H and O–H groups in total. The third-order valence-electron chi connectivity index (χ3n) is 5.89. The maximum absolute atomic E-state index is 13.1. The average molecular weight is 546 g/mol. The zero-order chi connectivity index (χ0) is 26.8. The van der Waals surface area contributed by atoms with Crippen LogP contribution in [0.15, 0.2) is 85.8 Å². The van der Waals surface area contributed by atoms with E-state index in [4.69, 9.17) is 4.74 Å². The predicted molar refractivity (Wildman–Crippen MR) is 151 cm³/mol. The van der Waals surface area contributed by atoms with Crippen LogP contribution in [0.4, 0.5) is 11.4 Å². The summed E-state index contributed by atoms with van der Waals surface area (Å²) < 4.78 is 10.5. The number of thiazole rings is 1. The predicted octanol–water partition coefficient (Wildman–Crippen LogP) is 6.30. The van der Waals surface area contributed by atoms with Crippen molar-refractivity contribution in [2.75, 3.05) is 6.61 Å². The number of nitro benzene ring substituents is 1. The summed E-state index contributed by atoms with van der Waals surface area (Å²) in [5, 5.41) is 11.9. The van der Waals surface area contributed by atoms with Gasteiger partial charge in [-0.05, 0) is 55.8 Å². The van der Waals surface area contributed by atoms with Crippen molar-refractivity contribution in [2.24, 2.45) is 12.0 Å². The van der Waals surface area contributed by atoms with E-state index in [0.29, 0.717) is 27.1 Å². The van der Waals surface area contributed by atoms with Crippen molar-refractivity contribution in [3.63, 3.8) is 0 Å². The number of hydrogen-bond donors (Lipinski definition) is 0. The summed E-state index contributed by atoms with van der Waals surface area (Å²) in [5.41, 5.74) is 2.69. The molecule has 0 saturated carbocycles. The fraction of sp³-hybridized carbons (Fsp3) is 0.148. The highest BCUT2D eigenvalue weighted by molar-refractivity contribution is 8.01. The van der Waals surface area contributed by atoms with Gasteiger partial charge in [-0.15, -0.1) is 11.3 Å². The second-order valence-corrected chi connectivity index (χ2v) is 10.6. The zero-order valence-electron chi connectivity index (χ0n) is 20.8. The number of rotatable bonds is 8. The molecule has 2 aromatic heterocycles. The molecule has 0 fully saturated rings. The molecule has 5 rings (SSSR count). The van der Waals surface area contributed by atoms with Gasteiger partial charge in [0, 0.05) is 19.3 Å². The van der Waals surface area contributed by atoms with Crippen LogP contribution in [0.3, 0.4) is 0 Å². The van der Waals surface area contributed by atoms with Gasteiger partial charge in [-0.3, -0.25) is 19.6 Å². The lowest BCUT2D eigenvalue weighted by atomic mass is 10.2. The largest absolute Gasteiger partial charge is 0.494 e. The number of fused-ring (bicyclic) bond motifs is 1. The molecule has 0 amide bonds. The molecule has 192 valence electrons. The number of ether oxygens (including phenoxy) is 1. The first kappa shape index (κ1) is 25.4. The van der Waals surface area contributed by atoms with Gasteiger partial charge in [-0.25, -0.2) is 14.7 Å². The van der Waals surface area contributed by atoms with Crippen molar-refractivity contribution < 1.29 is 9.66 Å². The Morgan fingerprint density at radius 2 is 1.95 bits per heavy atom. The highest BCUT2D eigenvalue weighted by atomic mass is 32.2. The molecule has 0 bridgehead atoms. The van der Waals surface area contributed by atoms with Crippen molar-refractivity contribution in [3.8, 4) is 11.4 Å². The molecular formula is C27H23N5O4S2. The molecule has 0 aliphatic heterocycles. The quantitative estimate of drug-likeness (QED) is 0.129. The van der Waals surface area contributed by atoms with Crippen molar-refractivity contribution in [1.82, 2.24) is 14.3 Å². The fourth-order valence-corrected chi connectivity index (χ4v) is 6.10. The van der Waals surface area contributed by atoms with E-state index in [-0.39, 0.29) is 16.9 Å². The molecule has 2 heterocycles. The summed E-state index contributed by atoms with van der Waals surface area (Å²) in [6.45, 7) is 4.30. The van der Waals surface area contributed by atoms with Gasteiger partial charge in [0.1, 0.15) is 5.75 Å². The van der Waals surface area contributed by atoms with Crippen molar-refractivity contribution >= 4 is 50.9 Å². The normalized spacial score (nSPS) is 11.4. The third kappa shape index (κ3) is 4.98. The number of nitro groups is 1. The van der Waals surface area contributed by atoms with E-state index < -0.39 is 4.92 Å². The second-order valence-electron chi connectivity index (χ2n) is 8.30. The number of hydrogen-bond acceptors (Lipinski definition) is 8. The van der Waals surface area contributed by atoms with Gasteiger partial charge in [-0.2, -0.15) is 0 Å². The summed E-state index contributed by atoms with van der Waals surface area (Å²) in [4.78, 5) is 34.1. The molecule has 0 radical (unpaired) electrons. The molecule has 5 aromatic rings. The Labute approximate surface area is 226 Å². The van der Waals surface area contributed by atoms with E-state index in [1.165, 1.54) is 35.4 Å². The van der Waals surface area contributed by atoms with Gasteiger partial charge in [0.25, 0.3) is 11.2 Å². The van der Waals surface area contributed by atoms with Gasteiger partial charge < -0.3 is 4.74 Å². The molecule has 3 aromatic carbocycles. The van der Waals surface area contributed by atoms with Crippen LogP contribution in [0, 0.1) is 17.0 Å². The summed E-state index contributed by atoms with van der Waals surface area (Å²) in [6, 6.07) is 19.8. The van der Waals surface area contributed by atoms with Crippen LogP contribution < -0.4 is 10.3 Å². The molecule has 9 nitrogen and oxygen atoms in total.